The normalized spacial score (nSPS) is 20.1. The zero-order valence-corrected chi connectivity index (χ0v) is 11.4. The van der Waals surface area contributed by atoms with Crippen molar-refractivity contribution in [2.24, 2.45) is 0 Å². The molecular weight excluding hydrogens is 269 g/mol. The van der Waals surface area contributed by atoms with Crippen molar-refractivity contribution in [1.29, 1.82) is 0 Å². The zero-order chi connectivity index (χ0) is 13.2. The monoisotopic (exact) mass is 285 g/mol. The number of piperidine rings is 1. The SMILES string of the molecule is Fc1c(Cl)cc2c(c1C1CCNCC1)OCCCO2. The highest BCUT2D eigenvalue weighted by atomic mass is 35.5. The Kier molecular flexibility index (Phi) is 3.80. The molecule has 0 atom stereocenters. The molecule has 19 heavy (non-hydrogen) atoms. The Hall–Kier alpha value is -1.00. The maximum atomic E-state index is 14.4. The first-order valence-corrected chi connectivity index (χ1v) is 7.13. The van der Waals surface area contributed by atoms with Crippen molar-refractivity contribution < 1.29 is 13.9 Å². The van der Waals surface area contributed by atoms with Gasteiger partial charge in [0.15, 0.2) is 11.5 Å². The molecule has 0 unspecified atom stereocenters. The maximum Gasteiger partial charge on any atom is 0.167 e. The lowest BCUT2D eigenvalue weighted by atomic mass is 9.89. The highest BCUT2D eigenvalue weighted by Gasteiger charge is 2.28. The standard InChI is InChI=1S/C14H17ClFNO2/c15-10-8-11-14(19-7-1-6-18-11)12(13(10)16)9-2-4-17-5-3-9/h8-9,17H,1-7H2. The van der Waals surface area contributed by atoms with E-state index in [1.165, 1.54) is 6.07 Å². The summed E-state index contributed by atoms with van der Waals surface area (Å²) >= 11 is 6.00. The summed E-state index contributed by atoms with van der Waals surface area (Å²) in [5.41, 5.74) is 0.603. The molecule has 2 aliphatic heterocycles. The molecule has 3 rings (SSSR count). The molecule has 0 radical (unpaired) electrons. The summed E-state index contributed by atoms with van der Waals surface area (Å²) in [4.78, 5) is 0. The molecule has 0 amide bonds. The largest absolute Gasteiger partial charge is 0.489 e. The maximum absolute atomic E-state index is 14.4. The molecule has 5 heteroatoms. The number of benzene rings is 1. The Morgan fingerprint density at radius 3 is 2.74 bits per heavy atom. The first-order chi connectivity index (χ1) is 9.27. The van der Waals surface area contributed by atoms with Gasteiger partial charge in [-0.2, -0.15) is 0 Å². The fraction of sp³-hybridized carbons (Fsp3) is 0.571. The molecule has 1 fully saturated rings. The summed E-state index contributed by atoms with van der Waals surface area (Å²) in [5, 5.41) is 3.41. The zero-order valence-electron chi connectivity index (χ0n) is 10.7. The van der Waals surface area contributed by atoms with Gasteiger partial charge in [-0.3, -0.25) is 0 Å². The predicted octanol–water partition coefficient (Wildman–Crippen LogP) is 3.11. The van der Waals surface area contributed by atoms with E-state index >= 15 is 0 Å². The molecule has 0 spiro atoms. The molecule has 1 aromatic rings. The van der Waals surface area contributed by atoms with Crippen LogP contribution in [0.25, 0.3) is 0 Å². The van der Waals surface area contributed by atoms with Crippen molar-refractivity contribution in [3.63, 3.8) is 0 Å². The van der Waals surface area contributed by atoms with Crippen LogP contribution in [0.2, 0.25) is 5.02 Å². The van der Waals surface area contributed by atoms with Crippen molar-refractivity contribution >= 4 is 11.6 Å². The van der Waals surface area contributed by atoms with E-state index in [4.69, 9.17) is 21.1 Å². The number of halogens is 2. The van der Waals surface area contributed by atoms with Crippen LogP contribution >= 0.6 is 11.6 Å². The van der Waals surface area contributed by atoms with Gasteiger partial charge in [-0.25, -0.2) is 4.39 Å². The van der Waals surface area contributed by atoms with E-state index in [0.717, 1.165) is 32.4 Å². The van der Waals surface area contributed by atoms with Gasteiger partial charge in [-0.15, -0.1) is 0 Å². The highest BCUT2D eigenvalue weighted by Crippen LogP contribution is 2.44. The number of hydrogen-bond acceptors (Lipinski definition) is 3. The van der Waals surface area contributed by atoms with Gasteiger partial charge < -0.3 is 14.8 Å². The third kappa shape index (κ3) is 2.51. The Morgan fingerprint density at radius 2 is 1.95 bits per heavy atom. The van der Waals surface area contributed by atoms with Crippen LogP contribution in [0.4, 0.5) is 4.39 Å². The Morgan fingerprint density at radius 1 is 1.21 bits per heavy atom. The minimum absolute atomic E-state index is 0.123. The minimum Gasteiger partial charge on any atom is -0.489 e. The number of ether oxygens (including phenoxy) is 2. The van der Waals surface area contributed by atoms with E-state index in [2.05, 4.69) is 5.32 Å². The van der Waals surface area contributed by atoms with Gasteiger partial charge in [0, 0.05) is 18.1 Å². The first kappa shape index (κ1) is 13.0. The van der Waals surface area contributed by atoms with Crippen molar-refractivity contribution in [1.82, 2.24) is 5.32 Å². The molecule has 3 nitrogen and oxygen atoms in total. The van der Waals surface area contributed by atoms with Crippen LogP contribution in [-0.2, 0) is 0 Å². The van der Waals surface area contributed by atoms with Gasteiger partial charge in [-0.1, -0.05) is 11.6 Å². The molecule has 1 aromatic carbocycles. The summed E-state index contributed by atoms with van der Waals surface area (Å²) < 4.78 is 25.8. The van der Waals surface area contributed by atoms with Crippen LogP contribution in [0.5, 0.6) is 11.5 Å². The topological polar surface area (TPSA) is 30.5 Å². The average molecular weight is 286 g/mol. The van der Waals surface area contributed by atoms with Crippen LogP contribution in [0.15, 0.2) is 6.07 Å². The van der Waals surface area contributed by atoms with Gasteiger partial charge in [0.1, 0.15) is 5.82 Å². The number of nitrogens with one attached hydrogen (secondary N) is 1. The minimum atomic E-state index is -0.349. The van der Waals surface area contributed by atoms with E-state index < -0.39 is 0 Å². The fourth-order valence-electron chi connectivity index (χ4n) is 2.75. The fourth-order valence-corrected chi connectivity index (χ4v) is 2.95. The van der Waals surface area contributed by atoms with E-state index in [-0.39, 0.29) is 16.8 Å². The second kappa shape index (κ2) is 5.55. The Balaban J connectivity index is 2.07. The van der Waals surface area contributed by atoms with E-state index in [9.17, 15) is 4.39 Å². The third-order valence-corrected chi connectivity index (χ3v) is 3.99. The van der Waals surface area contributed by atoms with E-state index in [1.54, 1.807) is 0 Å². The molecule has 1 saturated heterocycles. The van der Waals surface area contributed by atoms with Crippen LogP contribution in [0.1, 0.15) is 30.7 Å². The Bertz CT molecular complexity index is 475. The average Bonchev–Trinajstić information content (AvgIpc) is 2.66. The van der Waals surface area contributed by atoms with Gasteiger partial charge >= 0.3 is 0 Å². The summed E-state index contributed by atoms with van der Waals surface area (Å²) in [6, 6.07) is 1.53. The number of fused-ring (bicyclic) bond motifs is 1. The molecule has 104 valence electrons. The molecule has 2 aliphatic rings. The molecule has 0 aliphatic carbocycles. The quantitative estimate of drug-likeness (QED) is 0.860. The predicted molar refractivity (Wildman–Crippen MR) is 71.9 cm³/mol. The second-order valence-corrected chi connectivity index (χ2v) is 5.40. The molecule has 0 bridgehead atoms. The summed E-state index contributed by atoms with van der Waals surface area (Å²) in [5.74, 6) is 0.942. The summed E-state index contributed by atoms with van der Waals surface area (Å²) in [7, 11) is 0. The first-order valence-electron chi connectivity index (χ1n) is 6.75. The highest BCUT2D eigenvalue weighted by molar-refractivity contribution is 6.31. The van der Waals surface area contributed by atoms with Gasteiger partial charge in [0.05, 0.1) is 18.2 Å². The van der Waals surface area contributed by atoms with Crippen LogP contribution in [-0.4, -0.2) is 26.3 Å². The van der Waals surface area contributed by atoms with Crippen molar-refractivity contribution in [2.45, 2.75) is 25.2 Å². The van der Waals surface area contributed by atoms with Gasteiger partial charge in [-0.05, 0) is 31.8 Å². The lowest BCUT2D eigenvalue weighted by Gasteiger charge is -2.26. The van der Waals surface area contributed by atoms with Crippen LogP contribution in [0, 0.1) is 5.82 Å². The van der Waals surface area contributed by atoms with Crippen molar-refractivity contribution in [2.75, 3.05) is 26.3 Å². The smallest absolute Gasteiger partial charge is 0.167 e. The molecule has 1 N–H and O–H groups in total. The lowest BCUT2D eigenvalue weighted by molar-refractivity contribution is 0.294. The van der Waals surface area contributed by atoms with Crippen LogP contribution < -0.4 is 14.8 Å². The summed E-state index contributed by atoms with van der Waals surface area (Å²) in [6.45, 7) is 2.94. The van der Waals surface area contributed by atoms with Crippen LogP contribution in [0.3, 0.4) is 0 Å². The Labute approximate surface area is 117 Å². The van der Waals surface area contributed by atoms with Crippen molar-refractivity contribution in [3.05, 3.63) is 22.5 Å². The second-order valence-electron chi connectivity index (χ2n) is 4.99. The molecule has 0 aromatic heterocycles. The van der Waals surface area contributed by atoms with E-state index in [0.29, 0.717) is 30.3 Å². The molecule has 0 saturated carbocycles. The third-order valence-electron chi connectivity index (χ3n) is 3.71. The van der Waals surface area contributed by atoms with Crippen molar-refractivity contribution in [3.8, 4) is 11.5 Å². The molecule has 2 heterocycles. The summed E-state index contributed by atoms with van der Waals surface area (Å²) in [6.07, 6.45) is 2.60. The molecular formula is C14H17ClFNO2. The number of hydrogen-bond donors (Lipinski definition) is 1. The lowest BCUT2D eigenvalue weighted by Crippen LogP contribution is -2.27. The van der Waals surface area contributed by atoms with E-state index in [1.807, 2.05) is 0 Å². The van der Waals surface area contributed by atoms with Gasteiger partial charge in [0.2, 0.25) is 0 Å². The van der Waals surface area contributed by atoms with Gasteiger partial charge in [0.25, 0.3) is 0 Å². The number of rotatable bonds is 1.